The molecule has 1 aromatic carbocycles. The van der Waals surface area contributed by atoms with Gasteiger partial charge in [0.25, 0.3) is 0 Å². The van der Waals surface area contributed by atoms with Crippen LogP contribution in [-0.2, 0) is 35.4 Å². The molecule has 1 heterocycles. The second-order valence-corrected chi connectivity index (χ2v) is 10.3. The van der Waals surface area contributed by atoms with E-state index in [0.29, 0.717) is 19.6 Å². The molecule has 39 heavy (non-hydrogen) atoms. The zero-order valence-electron chi connectivity index (χ0n) is 23.7. The number of ether oxygens (including phenoxy) is 1. The Balaban J connectivity index is 0.000000580. The number of carbonyl (C=O) groups excluding carboxylic acids is 2. The van der Waals surface area contributed by atoms with E-state index in [0.717, 1.165) is 18.4 Å². The number of hydroxylamine groups is 2. The molecule has 2 rings (SSSR count). The van der Waals surface area contributed by atoms with Gasteiger partial charge in [0.1, 0.15) is 23.7 Å². The largest absolute Gasteiger partial charge is 0.480 e. The van der Waals surface area contributed by atoms with Crippen molar-refractivity contribution in [1.29, 1.82) is 0 Å². The number of amides is 1. The Labute approximate surface area is 230 Å². The molecule has 0 aromatic heterocycles. The number of nitrogens with zero attached hydrogens (tertiary/aromatic N) is 1. The lowest BCUT2D eigenvalue weighted by molar-refractivity contribution is -0.192. The van der Waals surface area contributed by atoms with E-state index in [2.05, 4.69) is 0 Å². The number of carbonyl (C=O) groups is 4. The summed E-state index contributed by atoms with van der Waals surface area (Å²) in [4.78, 5) is 48.3. The first kappa shape index (κ1) is 35.9. The molecule has 4 atom stereocenters. The fraction of sp³-hybridized carbons (Fsp3) is 0.630. The van der Waals surface area contributed by atoms with Crippen molar-refractivity contribution in [2.75, 3.05) is 6.54 Å². The van der Waals surface area contributed by atoms with Gasteiger partial charge in [-0.2, -0.15) is 5.06 Å². The SMILES string of the molecule is CC(C)(C)OC(=O)[C@@H](N)CCC(N)=O.CC[C@H](C)[C@H](N)C(=O)O.O=C(O)[C@@H]1CCCN1OCc1ccccc1. The summed E-state index contributed by atoms with van der Waals surface area (Å²) >= 11 is 0. The first-order chi connectivity index (χ1) is 18.1. The van der Waals surface area contributed by atoms with Crippen molar-refractivity contribution in [3.05, 3.63) is 35.9 Å². The van der Waals surface area contributed by atoms with Gasteiger partial charge in [0, 0.05) is 13.0 Å². The second kappa shape index (κ2) is 18.3. The molecule has 1 aliphatic rings. The van der Waals surface area contributed by atoms with Crippen molar-refractivity contribution in [3.8, 4) is 0 Å². The average Bonchev–Trinajstić information content (AvgIpc) is 3.34. The van der Waals surface area contributed by atoms with Gasteiger partial charge in [0.05, 0.1) is 6.61 Å². The highest BCUT2D eigenvalue weighted by atomic mass is 16.7. The molecule has 0 bridgehead atoms. The molecule has 1 amide bonds. The van der Waals surface area contributed by atoms with E-state index in [-0.39, 0.29) is 18.8 Å². The summed E-state index contributed by atoms with van der Waals surface area (Å²) < 4.78 is 5.02. The lowest BCUT2D eigenvalue weighted by Crippen LogP contribution is -2.38. The number of rotatable bonds is 11. The highest BCUT2D eigenvalue weighted by molar-refractivity contribution is 5.78. The minimum atomic E-state index is -0.913. The Morgan fingerprint density at radius 3 is 2.13 bits per heavy atom. The van der Waals surface area contributed by atoms with E-state index >= 15 is 0 Å². The van der Waals surface area contributed by atoms with Crippen LogP contribution >= 0.6 is 0 Å². The Morgan fingerprint density at radius 1 is 1.10 bits per heavy atom. The highest BCUT2D eigenvalue weighted by Crippen LogP contribution is 2.18. The Hall–Kier alpha value is -3.06. The minimum Gasteiger partial charge on any atom is -0.480 e. The average molecular weight is 555 g/mol. The molecule has 12 heteroatoms. The van der Waals surface area contributed by atoms with Crippen LogP contribution in [0.1, 0.15) is 72.3 Å². The Kier molecular flexibility index (Phi) is 16.8. The zero-order valence-corrected chi connectivity index (χ0v) is 23.7. The topological polar surface area (TPSA) is 208 Å². The molecule has 12 nitrogen and oxygen atoms in total. The van der Waals surface area contributed by atoms with Gasteiger partial charge in [-0.05, 0) is 51.5 Å². The number of nitrogens with two attached hydrogens (primary N) is 3. The van der Waals surface area contributed by atoms with Gasteiger partial charge in [-0.15, -0.1) is 0 Å². The lowest BCUT2D eigenvalue weighted by atomic mass is 10.0. The number of carboxylic acids is 2. The molecule has 0 saturated carbocycles. The van der Waals surface area contributed by atoms with Gasteiger partial charge >= 0.3 is 17.9 Å². The fourth-order valence-corrected chi connectivity index (χ4v) is 3.16. The first-order valence-corrected chi connectivity index (χ1v) is 13.0. The molecule has 0 spiro atoms. The normalized spacial score (nSPS) is 17.4. The van der Waals surface area contributed by atoms with Crippen molar-refractivity contribution in [2.24, 2.45) is 23.1 Å². The van der Waals surface area contributed by atoms with Crippen molar-refractivity contribution < 1.29 is 39.0 Å². The summed E-state index contributed by atoms with van der Waals surface area (Å²) in [6, 6.07) is 7.80. The summed E-state index contributed by atoms with van der Waals surface area (Å²) in [7, 11) is 0. The van der Waals surface area contributed by atoms with E-state index in [1.807, 2.05) is 44.2 Å². The number of esters is 1. The predicted molar refractivity (Wildman–Crippen MR) is 146 cm³/mol. The number of hydrogen-bond acceptors (Lipinski definition) is 9. The maximum absolute atomic E-state index is 11.3. The Bertz CT molecular complexity index is 892. The molecule has 0 unspecified atom stereocenters. The Morgan fingerprint density at radius 2 is 1.69 bits per heavy atom. The molecular formula is C27H46N4O8. The van der Waals surface area contributed by atoms with Crippen molar-refractivity contribution in [2.45, 2.75) is 97.1 Å². The maximum Gasteiger partial charge on any atom is 0.323 e. The second-order valence-electron chi connectivity index (χ2n) is 10.3. The van der Waals surface area contributed by atoms with Crippen LogP contribution in [0.15, 0.2) is 30.3 Å². The van der Waals surface area contributed by atoms with Gasteiger partial charge in [0.2, 0.25) is 5.91 Å². The van der Waals surface area contributed by atoms with E-state index in [4.69, 9.17) is 37.0 Å². The van der Waals surface area contributed by atoms with Crippen LogP contribution in [0, 0.1) is 5.92 Å². The fourth-order valence-electron chi connectivity index (χ4n) is 3.16. The molecule has 222 valence electrons. The van der Waals surface area contributed by atoms with Gasteiger partial charge in [-0.3, -0.25) is 24.0 Å². The number of aliphatic carboxylic acids is 2. The molecule has 1 aliphatic heterocycles. The summed E-state index contributed by atoms with van der Waals surface area (Å²) in [6.07, 6.45) is 2.69. The van der Waals surface area contributed by atoms with Gasteiger partial charge < -0.3 is 32.2 Å². The van der Waals surface area contributed by atoms with Crippen LogP contribution in [0.2, 0.25) is 0 Å². The lowest BCUT2D eigenvalue weighted by Gasteiger charge is -2.21. The van der Waals surface area contributed by atoms with E-state index in [9.17, 15) is 19.2 Å². The summed E-state index contributed by atoms with van der Waals surface area (Å²) in [5, 5.41) is 18.9. The first-order valence-electron chi connectivity index (χ1n) is 13.0. The van der Waals surface area contributed by atoms with Crippen molar-refractivity contribution >= 4 is 23.8 Å². The van der Waals surface area contributed by atoms with Crippen LogP contribution < -0.4 is 17.2 Å². The molecule has 1 aromatic rings. The summed E-state index contributed by atoms with van der Waals surface area (Å²) in [5.41, 5.74) is 16.2. The quantitative estimate of drug-likeness (QED) is 0.250. The van der Waals surface area contributed by atoms with E-state index in [1.165, 1.54) is 0 Å². The molecule has 0 radical (unpaired) electrons. The monoisotopic (exact) mass is 554 g/mol. The van der Waals surface area contributed by atoms with Crippen LogP contribution in [0.3, 0.4) is 0 Å². The molecule has 1 saturated heterocycles. The maximum atomic E-state index is 11.3. The smallest absolute Gasteiger partial charge is 0.323 e. The molecule has 1 fully saturated rings. The molecular weight excluding hydrogens is 508 g/mol. The minimum absolute atomic E-state index is 0.0718. The number of primary amides is 1. The van der Waals surface area contributed by atoms with Crippen LogP contribution in [-0.4, -0.2) is 69.4 Å². The standard InChI is InChI=1S/C12H15NO3.C9H18N2O3.C6H13NO2/c14-12(15)11-7-4-8-13(11)16-9-10-5-2-1-3-6-10;1-9(2,3)14-8(13)6(10)4-5-7(11)12;1-3-4(2)5(7)6(8)9/h1-3,5-6,11H,4,7-9H2,(H,14,15);6H,4-5,10H2,1-3H3,(H2,11,12);4-5H,3,7H2,1-2H3,(H,8,9)/t11-;6-;4-,5-/m000/s1. The zero-order chi connectivity index (χ0) is 30.2. The number of carboxylic acid groups (broad SMARTS) is 2. The van der Waals surface area contributed by atoms with E-state index < -0.39 is 47.5 Å². The van der Waals surface area contributed by atoms with Crippen molar-refractivity contribution in [1.82, 2.24) is 5.06 Å². The van der Waals surface area contributed by atoms with Crippen LogP contribution in [0.4, 0.5) is 0 Å². The number of hydrogen-bond donors (Lipinski definition) is 5. The third-order valence-corrected chi connectivity index (χ3v) is 5.68. The van der Waals surface area contributed by atoms with Crippen LogP contribution in [0.25, 0.3) is 0 Å². The molecule has 8 N–H and O–H groups in total. The summed E-state index contributed by atoms with van der Waals surface area (Å²) in [5.74, 6) is -2.61. The van der Waals surface area contributed by atoms with Gasteiger partial charge in [-0.1, -0.05) is 50.6 Å². The van der Waals surface area contributed by atoms with Gasteiger partial charge in [-0.25, -0.2) is 0 Å². The van der Waals surface area contributed by atoms with Crippen LogP contribution in [0.5, 0.6) is 0 Å². The predicted octanol–water partition coefficient (Wildman–Crippen LogP) is 2.03. The van der Waals surface area contributed by atoms with Gasteiger partial charge in [0.15, 0.2) is 0 Å². The number of benzene rings is 1. The van der Waals surface area contributed by atoms with Crippen molar-refractivity contribution in [3.63, 3.8) is 0 Å². The third-order valence-electron chi connectivity index (χ3n) is 5.68. The summed E-state index contributed by atoms with van der Waals surface area (Å²) in [6.45, 7) is 10.2. The third kappa shape index (κ3) is 16.5. The van der Waals surface area contributed by atoms with E-state index in [1.54, 1.807) is 25.8 Å². The highest BCUT2D eigenvalue weighted by Gasteiger charge is 2.31. The molecule has 0 aliphatic carbocycles.